The van der Waals surface area contributed by atoms with Gasteiger partial charge in [-0.25, -0.2) is 4.79 Å². The number of furan rings is 1. The van der Waals surface area contributed by atoms with E-state index in [1.807, 2.05) is 0 Å². The molecule has 0 aliphatic rings. The van der Waals surface area contributed by atoms with Crippen molar-refractivity contribution in [3.8, 4) is 0 Å². The summed E-state index contributed by atoms with van der Waals surface area (Å²) in [7, 11) is 1.44. The minimum Gasteiger partial charge on any atom is -0.457 e. The van der Waals surface area contributed by atoms with E-state index in [4.69, 9.17) is 4.42 Å². The highest BCUT2D eigenvalue weighted by molar-refractivity contribution is 5.86. The van der Waals surface area contributed by atoms with Crippen molar-refractivity contribution in [1.82, 2.24) is 0 Å². The highest BCUT2D eigenvalue weighted by atomic mass is 16.7. The van der Waals surface area contributed by atoms with Gasteiger partial charge < -0.3 is 13.9 Å². The maximum Gasteiger partial charge on any atom is 0.376 e. The van der Waals surface area contributed by atoms with E-state index in [0.29, 0.717) is 0 Å². The van der Waals surface area contributed by atoms with Crippen LogP contribution in [0.15, 0.2) is 22.8 Å². The molecule has 0 radical (unpaired) electrons. The van der Waals surface area contributed by atoms with Gasteiger partial charge in [-0.2, -0.15) is 0 Å². The number of ether oxygens (including phenoxy) is 2. The zero-order valence-electron chi connectivity index (χ0n) is 6.07. The fourth-order valence-electron chi connectivity index (χ4n) is 0.578. The first-order chi connectivity index (χ1) is 5.34. The fourth-order valence-corrected chi connectivity index (χ4v) is 0.578. The summed E-state index contributed by atoms with van der Waals surface area (Å²) in [6, 6.07) is 3.14. The predicted molar refractivity (Wildman–Crippen MR) is 36.0 cm³/mol. The SMILES string of the molecule is COCOC(=O)c1ccco1. The molecule has 1 aromatic heterocycles. The Morgan fingerprint density at radius 1 is 1.73 bits per heavy atom. The first kappa shape index (κ1) is 7.81. The lowest BCUT2D eigenvalue weighted by Crippen LogP contribution is -2.05. The van der Waals surface area contributed by atoms with Crippen LogP contribution in [-0.4, -0.2) is 19.9 Å². The third-order valence-corrected chi connectivity index (χ3v) is 1.03. The van der Waals surface area contributed by atoms with Crippen molar-refractivity contribution in [1.29, 1.82) is 0 Å². The van der Waals surface area contributed by atoms with Crippen LogP contribution in [-0.2, 0) is 9.47 Å². The minimum atomic E-state index is -0.517. The lowest BCUT2D eigenvalue weighted by Gasteiger charge is -1.98. The Morgan fingerprint density at radius 2 is 2.55 bits per heavy atom. The lowest BCUT2D eigenvalue weighted by molar-refractivity contribution is -0.0149. The first-order valence-electron chi connectivity index (χ1n) is 3.04. The number of carbonyl (C=O) groups is 1. The van der Waals surface area contributed by atoms with Gasteiger partial charge in [-0.15, -0.1) is 0 Å². The van der Waals surface area contributed by atoms with Crippen LogP contribution >= 0.6 is 0 Å². The van der Waals surface area contributed by atoms with Gasteiger partial charge in [0, 0.05) is 7.11 Å². The van der Waals surface area contributed by atoms with Crippen molar-refractivity contribution in [3.63, 3.8) is 0 Å². The third kappa shape index (κ3) is 2.09. The summed E-state index contributed by atoms with van der Waals surface area (Å²) < 4.78 is 13.9. The molecule has 1 rings (SSSR count). The molecular formula is C7H8O4. The molecule has 0 aromatic carbocycles. The highest BCUT2D eigenvalue weighted by Gasteiger charge is 2.08. The van der Waals surface area contributed by atoms with Crippen molar-refractivity contribution < 1.29 is 18.7 Å². The molecular weight excluding hydrogens is 148 g/mol. The van der Waals surface area contributed by atoms with Crippen LogP contribution in [0.4, 0.5) is 0 Å². The molecule has 4 nitrogen and oxygen atoms in total. The Bertz CT molecular complexity index is 214. The van der Waals surface area contributed by atoms with Crippen LogP contribution in [0.25, 0.3) is 0 Å². The van der Waals surface area contributed by atoms with Crippen LogP contribution < -0.4 is 0 Å². The second-order valence-corrected chi connectivity index (χ2v) is 1.82. The van der Waals surface area contributed by atoms with Crippen LogP contribution in [0.2, 0.25) is 0 Å². The summed E-state index contributed by atoms with van der Waals surface area (Å²) >= 11 is 0. The first-order valence-corrected chi connectivity index (χ1v) is 3.04. The second kappa shape index (κ2) is 3.78. The normalized spacial score (nSPS) is 9.55. The van der Waals surface area contributed by atoms with Crippen LogP contribution in [0, 0.1) is 0 Å². The second-order valence-electron chi connectivity index (χ2n) is 1.82. The molecule has 60 valence electrons. The number of carbonyl (C=O) groups excluding carboxylic acids is 1. The van der Waals surface area contributed by atoms with Gasteiger partial charge in [0.1, 0.15) is 0 Å². The molecule has 0 saturated heterocycles. The van der Waals surface area contributed by atoms with Gasteiger partial charge in [0.15, 0.2) is 6.79 Å². The Labute approximate surface area is 63.7 Å². The van der Waals surface area contributed by atoms with Crippen LogP contribution in [0.3, 0.4) is 0 Å². The number of hydrogen-bond donors (Lipinski definition) is 0. The van der Waals surface area contributed by atoms with E-state index in [2.05, 4.69) is 9.47 Å². The molecule has 0 atom stereocenters. The number of rotatable bonds is 3. The largest absolute Gasteiger partial charge is 0.457 e. The zero-order chi connectivity index (χ0) is 8.10. The topological polar surface area (TPSA) is 48.7 Å². The zero-order valence-corrected chi connectivity index (χ0v) is 6.07. The van der Waals surface area contributed by atoms with E-state index >= 15 is 0 Å². The molecule has 0 fully saturated rings. The Kier molecular flexibility index (Phi) is 2.68. The maximum atomic E-state index is 10.9. The number of hydrogen-bond acceptors (Lipinski definition) is 4. The Balaban J connectivity index is 2.43. The van der Waals surface area contributed by atoms with Gasteiger partial charge in [-0.05, 0) is 12.1 Å². The van der Waals surface area contributed by atoms with Crippen molar-refractivity contribution >= 4 is 5.97 Å². The molecule has 0 aliphatic carbocycles. The van der Waals surface area contributed by atoms with Crippen molar-refractivity contribution in [3.05, 3.63) is 24.2 Å². The van der Waals surface area contributed by atoms with Gasteiger partial charge in [0.2, 0.25) is 5.76 Å². The minimum absolute atomic E-state index is 0.0560. The highest BCUT2D eigenvalue weighted by Crippen LogP contribution is 2.01. The predicted octanol–water partition coefficient (Wildman–Crippen LogP) is 1.04. The standard InChI is InChI=1S/C7H8O4/c1-9-5-11-7(8)6-3-2-4-10-6/h2-4H,5H2,1H3. The molecule has 0 spiro atoms. The van der Waals surface area contributed by atoms with Crippen molar-refractivity contribution in [2.45, 2.75) is 0 Å². The molecule has 1 heterocycles. The molecule has 0 bridgehead atoms. The molecule has 0 aliphatic heterocycles. The smallest absolute Gasteiger partial charge is 0.376 e. The van der Waals surface area contributed by atoms with E-state index in [1.54, 1.807) is 6.07 Å². The molecule has 0 N–H and O–H groups in total. The Morgan fingerprint density at radius 3 is 3.09 bits per heavy atom. The van der Waals surface area contributed by atoms with E-state index < -0.39 is 5.97 Å². The summed E-state index contributed by atoms with van der Waals surface area (Å²) in [6.07, 6.45) is 1.41. The summed E-state index contributed by atoms with van der Waals surface area (Å²) in [5.74, 6) is -0.334. The molecule has 4 heteroatoms. The molecule has 11 heavy (non-hydrogen) atoms. The van der Waals surface area contributed by atoms with Gasteiger partial charge in [0.25, 0.3) is 0 Å². The van der Waals surface area contributed by atoms with Gasteiger partial charge >= 0.3 is 5.97 Å². The van der Waals surface area contributed by atoms with Gasteiger partial charge in [-0.3, -0.25) is 0 Å². The van der Waals surface area contributed by atoms with E-state index in [0.717, 1.165) is 0 Å². The van der Waals surface area contributed by atoms with E-state index in [1.165, 1.54) is 19.4 Å². The summed E-state index contributed by atoms with van der Waals surface area (Å²) in [5, 5.41) is 0. The summed E-state index contributed by atoms with van der Waals surface area (Å²) in [5.41, 5.74) is 0. The lowest BCUT2D eigenvalue weighted by atomic mass is 10.5. The molecule has 0 amide bonds. The van der Waals surface area contributed by atoms with Crippen molar-refractivity contribution in [2.75, 3.05) is 13.9 Å². The van der Waals surface area contributed by atoms with Crippen LogP contribution in [0.5, 0.6) is 0 Å². The number of methoxy groups -OCH3 is 1. The third-order valence-electron chi connectivity index (χ3n) is 1.03. The Hall–Kier alpha value is -1.29. The van der Waals surface area contributed by atoms with Gasteiger partial charge in [-0.1, -0.05) is 0 Å². The average Bonchev–Trinajstić information content (AvgIpc) is 2.52. The van der Waals surface area contributed by atoms with E-state index in [9.17, 15) is 4.79 Å². The monoisotopic (exact) mass is 156 g/mol. The molecule has 0 saturated carbocycles. The van der Waals surface area contributed by atoms with Crippen LogP contribution in [0.1, 0.15) is 10.6 Å². The summed E-state index contributed by atoms with van der Waals surface area (Å²) in [4.78, 5) is 10.9. The molecule has 1 aromatic rings. The maximum absolute atomic E-state index is 10.9. The summed E-state index contributed by atoms with van der Waals surface area (Å²) in [6.45, 7) is -0.0560. The van der Waals surface area contributed by atoms with E-state index in [-0.39, 0.29) is 12.6 Å². The number of esters is 1. The average molecular weight is 156 g/mol. The quantitative estimate of drug-likeness (QED) is 0.484. The van der Waals surface area contributed by atoms with Gasteiger partial charge in [0.05, 0.1) is 6.26 Å². The fraction of sp³-hybridized carbons (Fsp3) is 0.286. The molecule has 0 unspecified atom stereocenters. The van der Waals surface area contributed by atoms with Crippen molar-refractivity contribution in [2.24, 2.45) is 0 Å².